The molecule has 1 heterocycles. The van der Waals surface area contributed by atoms with Crippen LogP contribution in [0.15, 0.2) is 36.4 Å². The predicted molar refractivity (Wildman–Crippen MR) is 83.1 cm³/mol. The van der Waals surface area contributed by atoms with Crippen LogP contribution in [-0.2, 0) is 13.1 Å². The van der Waals surface area contributed by atoms with Gasteiger partial charge in [0, 0.05) is 13.1 Å². The lowest BCUT2D eigenvalue weighted by Gasteiger charge is -2.09. The first-order valence-electron chi connectivity index (χ1n) is 6.96. The lowest BCUT2D eigenvalue weighted by atomic mass is 10.2. The van der Waals surface area contributed by atoms with Crippen LogP contribution >= 0.6 is 11.6 Å². The van der Waals surface area contributed by atoms with Crippen molar-refractivity contribution in [2.45, 2.75) is 13.1 Å². The van der Waals surface area contributed by atoms with Gasteiger partial charge in [0.15, 0.2) is 11.5 Å². The van der Waals surface area contributed by atoms with E-state index in [1.54, 1.807) is 12.1 Å². The van der Waals surface area contributed by atoms with Gasteiger partial charge in [-0.25, -0.2) is 9.18 Å². The molecule has 0 radical (unpaired) electrons. The molecule has 0 spiro atoms. The van der Waals surface area contributed by atoms with E-state index in [0.29, 0.717) is 18.0 Å². The van der Waals surface area contributed by atoms with Crippen LogP contribution in [0.1, 0.15) is 11.1 Å². The second-order valence-electron chi connectivity index (χ2n) is 4.97. The maximum absolute atomic E-state index is 13.0. The summed E-state index contributed by atoms with van der Waals surface area (Å²) in [5.41, 5.74) is 1.61. The fourth-order valence-corrected chi connectivity index (χ4v) is 2.33. The van der Waals surface area contributed by atoms with E-state index in [0.717, 1.165) is 11.1 Å². The predicted octanol–water partition coefficient (Wildman–Crippen LogP) is 3.21. The molecule has 2 N–H and O–H groups in total. The number of carbonyl (C=O) groups is 1. The molecule has 0 unspecified atom stereocenters. The van der Waals surface area contributed by atoms with Crippen LogP contribution in [0.4, 0.5) is 9.18 Å². The molecule has 23 heavy (non-hydrogen) atoms. The number of urea groups is 1. The number of rotatable bonds is 4. The van der Waals surface area contributed by atoms with Crippen molar-refractivity contribution in [3.05, 3.63) is 58.4 Å². The molecule has 3 rings (SSSR count). The topological polar surface area (TPSA) is 59.6 Å². The van der Waals surface area contributed by atoms with E-state index < -0.39 is 5.82 Å². The third-order valence-electron chi connectivity index (χ3n) is 3.33. The van der Waals surface area contributed by atoms with Gasteiger partial charge < -0.3 is 20.1 Å². The number of amides is 2. The number of halogens is 2. The van der Waals surface area contributed by atoms with E-state index in [1.807, 2.05) is 12.1 Å². The van der Waals surface area contributed by atoms with Crippen LogP contribution < -0.4 is 20.1 Å². The highest BCUT2D eigenvalue weighted by Gasteiger charge is 2.13. The normalized spacial score (nSPS) is 12.1. The van der Waals surface area contributed by atoms with Gasteiger partial charge in [-0.15, -0.1) is 0 Å². The Bertz CT molecular complexity index is 739. The molecule has 120 valence electrons. The van der Waals surface area contributed by atoms with E-state index in [2.05, 4.69) is 10.6 Å². The van der Waals surface area contributed by atoms with Gasteiger partial charge in [0.1, 0.15) is 5.82 Å². The molecule has 0 aliphatic carbocycles. The van der Waals surface area contributed by atoms with Crippen LogP contribution in [0.5, 0.6) is 11.5 Å². The van der Waals surface area contributed by atoms with Crippen LogP contribution in [0, 0.1) is 5.82 Å². The molecule has 0 fully saturated rings. The molecule has 7 heteroatoms. The Morgan fingerprint density at radius 2 is 1.70 bits per heavy atom. The fourth-order valence-electron chi connectivity index (χ4n) is 2.13. The molecule has 0 atom stereocenters. The number of hydrogen-bond donors (Lipinski definition) is 2. The molecule has 5 nitrogen and oxygen atoms in total. The van der Waals surface area contributed by atoms with Gasteiger partial charge in [-0.05, 0) is 35.4 Å². The Kier molecular flexibility index (Phi) is 4.52. The maximum Gasteiger partial charge on any atom is 0.315 e. The third-order valence-corrected chi connectivity index (χ3v) is 3.62. The van der Waals surface area contributed by atoms with E-state index in [-0.39, 0.29) is 24.4 Å². The highest BCUT2D eigenvalue weighted by Crippen LogP contribution is 2.32. The van der Waals surface area contributed by atoms with Crippen molar-refractivity contribution in [2.24, 2.45) is 0 Å². The number of benzene rings is 2. The zero-order valence-electron chi connectivity index (χ0n) is 12.1. The Hall–Kier alpha value is -2.47. The molecule has 1 aliphatic rings. The van der Waals surface area contributed by atoms with E-state index in [1.165, 1.54) is 12.1 Å². The Labute approximate surface area is 137 Å². The zero-order chi connectivity index (χ0) is 16.2. The average molecular weight is 337 g/mol. The fraction of sp³-hybridized carbons (Fsp3) is 0.188. The van der Waals surface area contributed by atoms with E-state index in [4.69, 9.17) is 21.1 Å². The first-order chi connectivity index (χ1) is 11.1. The standard InChI is InChI=1S/C16H14ClFN2O3/c17-12-5-10(1-3-13(12)18)7-19-16(21)20-8-11-2-4-14-15(6-11)23-9-22-14/h1-6H,7-9H2,(H2,19,20,21). The molecule has 0 saturated carbocycles. The minimum absolute atomic E-state index is 0.0325. The molecule has 1 aliphatic heterocycles. The van der Waals surface area contributed by atoms with Gasteiger partial charge in [0.05, 0.1) is 5.02 Å². The van der Waals surface area contributed by atoms with Crippen LogP contribution in [0.3, 0.4) is 0 Å². The number of hydrogen-bond acceptors (Lipinski definition) is 3. The highest BCUT2D eigenvalue weighted by atomic mass is 35.5. The minimum Gasteiger partial charge on any atom is -0.454 e. The van der Waals surface area contributed by atoms with Crippen molar-refractivity contribution in [3.63, 3.8) is 0 Å². The Balaban J connectivity index is 1.48. The molecule has 0 bridgehead atoms. The first kappa shape index (κ1) is 15.4. The van der Waals surface area contributed by atoms with Crippen LogP contribution in [-0.4, -0.2) is 12.8 Å². The number of ether oxygens (including phenoxy) is 2. The zero-order valence-corrected chi connectivity index (χ0v) is 12.8. The lowest BCUT2D eigenvalue weighted by Crippen LogP contribution is -2.34. The van der Waals surface area contributed by atoms with Crippen molar-refractivity contribution in [2.75, 3.05) is 6.79 Å². The average Bonchev–Trinajstić information content (AvgIpc) is 3.01. The van der Waals surface area contributed by atoms with Crippen molar-refractivity contribution < 1.29 is 18.7 Å². The molecular formula is C16H14ClFN2O3. The second kappa shape index (κ2) is 6.75. The van der Waals surface area contributed by atoms with Gasteiger partial charge in [-0.1, -0.05) is 23.7 Å². The number of fused-ring (bicyclic) bond motifs is 1. The van der Waals surface area contributed by atoms with E-state index >= 15 is 0 Å². The molecule has 0 saturated heterocycles. The van der Waals surface area contributed by atoms with Gasteiger partial charge >= 0.3 is 6.03 Å². The van der Waals surface area contributed by atoms with Crippen LogP contribution in [0.25, 0.3) is 0 Å². The van der Waals surface area contributed by atoms with Gasteiger partial charge in [0.2, 0.25) is 6.79 Å². The summed E-state index contributed by atoms with van der Waals surface area (Å²) >= 11 is 5.69. The van der Waals surface area contributed by atoms with Gasteiger partial charge in [-0.3, -0.25) is 0 Å². The monoisotopic (exact) mass is 336 g/mol. The molecule has 2 aromatic carbocycles. The lowest BCUT2D eigenvalue weighted by molar-refractivity contribution is 0.174. The largest absolute Gasteiger partial charge is 0.454 e. The summed E-state index contributed by atoms with van der Waals surface area (Å²) in [6.07, 6.45) is 0. The number of carbonyl (C=O) groups excluding carboxylic acids is 1. The van der Waals surface area contributed by atoms with Gasteiger partial charge in [0.25, 0.3) is 0 Å². The van der Waals surface area contributed by atoms with Crippen molar-refractivity contribution in [1.29, 1.82) is 0 Å². The van der Waals surface area contributed by atoms with Crippen molar-refractivity contribution in [3.8, 4) is 11.5 Å². The van der Waals surface area contributed by atoms with Gasteiger partial charge in [-0.2, -0.15) is 0 Å². The summed E-state index contributed by atoms with van der Waals surface area (Å²) in [5, 5.41) is 5.45. The summed E-state index contributed by atoms with van der Waals surface area (Å²) in [6, 6.07) is 9.47. The van der Waals surface area contributed by atoms with E-state index in [9.17, 15) is 9.18 Å². The SMILES string of the molecule is O=C(NCc1ccc(F)c(Cl)c1)NCc1ccc2c(c1)OCO2. The molecule has 2 aromatic rings. The Morgan fingerprint density at radius 3 is 2.43 bits per heavy atom. The smallest absolute Gasteiger partial charge is 0.315 e. The summed E-state index contributed by atoms with van der Waals surface area (Å²) in [6.45, 7) is 0.826. The second-order valence-corrected chi connectivity index (χ2v) is 5.38. The number of nitrogens with one attached hydrogen (secondary N) is 2. The van der Waals surface area contributed by atoms with Crippen molar-refractivity contribution >= 4 is 17.6 Å². The summed E-state index contributed by atoms with van der Waals surface area (Å²) in [5.74, 6) is 0.889. The molecular weight excluding hydrogens is 323 g/mol. The summed E-state index contributed by atoms with van der Waals surface area (Å²) in [7, 11) is 0. The quantitative estimate of drug-likeness (QED) is 0.901. The summed E-state index contributed by atoms with van der Waals surface area (Å²) < 4.78 is 23.6. The minimum atomic E-state index is -0.484. The van der Waals surface area contributed by atoms with Crippen molar-refractivity contribution in [1.82, 2.24) is 10.6 Å². The Morgan fingerprint density at radius 1 is 1.04 bits per heavy atom. The first-order valence-corrected chi connectivity index (χ1v) is 7.34. The third kappa shape index (κ3) is 3.84. The van der Waals surface area contributed by atoms with Crippen LogP contribution in [0.2, 0.25) is 5.02 Å². The molecule has 0 aromatic heterocycles. The molecule has 2 amide bonds. The highest BCUT2D eigenvalue weighted by molar-refractivity contribution is 6.30. The summed E-state index contributed by atoms with van der Waals surface area (Å²) in [4.78, 5) is 11.8. The maximum atomic E-state index is 13.0.